The highest BCUT2D eigenvalue weighted by Gasteiger charge is 2.56. The fourth-order valence-corrected chi connectivity index (χ4v) is 8.71. The van der Waals surface area contributed by atoms with Crippen molar-refractivity contribution in [3.05, 3.63) is 60.4 Å². The summed E-state index contributed by atoms with van der Waals surface area (Å²) in [5.74, 6) is 0.299. The van der Waals surface area contributed by atoms with Gasteiger partial charge in [-0.25, -0.2) is 14.4 Å². The maximum atomic E-state index is 14.8. The minimum atomic E-state index is -0.642. The molecule has 1 aliphatic carbocycles. The minimum absolute atomic E-state index is 0.0671. The van der Waals surface area contributed by atoms with Crippen molar-refractivity contribution < 1.29 is 14.0 Å². The van der Waals surface area contributed by atoms with Gasteiger partial charge < -0.3 is 24.6 Å². The number of nitrogens with one attached hydrogen (secondary N) is 1. The second-order valence-corrected chi connectivity index (χ2v) is 15.3. The number of pyridine rings is 2. The molecule has 0 atom stereocenters. The predicted octanol–water partition coefficient (Wildman–Crippen LogP) is 6.84. The first-order valence-corrected chi connectivity index (χ1v) is 18.4. The van der Waals surface area contributed by atoms with E-state index in [1.165, 1.54) is 25.5 Å². The van der Waals surface area contributed by atoms with E-state index >= 15 is 0 Å². The third-order valence-corrected chi connectivity index (χ3v) is 11.6. The normalized spacial score (nSPS) is 22.1. The van der Waals surface area contributed by atoms with E-state index in [9.17, 15) is 14.0 Å². The van der Waals surface area contributed by atoms with Gasteiger partial charge in [-0.1, -0.05) is 32.4 Å². The Morgan fingerprint density at radius 3 is 2.44 bits per heavy atom. The molecule has 0 radical (unpaired) electrons. The lowest BCUT2D eigenvalue weighted by molar-refractivity contribution is -0.138. The lowest BCUT2D eigenvalue weighted by Gasteiger charge is -2.48. The Hall–Kier alpha value is -4.38. The molecule has 4 aromatic rings. The second-order valence-electron chi connectivity index (χ2n) is 15.3. The van der Waals surface area contributed by atoms with E-state index in [1.54, 1.807) is 18.6 Å². The molecule has 0 bridgehead atoms. The molecule has 0 unspecified atom stereocenters. The van der Waals surface area contributed by atoms with Crippen molar-refractivity contribution in [1.29, 1.82) is 0 Å². The molecule has 3 fully saturated rings. The molecule has 4 aliphatic rings. The van der Waals surface area contributed by atoms with Crippen LogP contribution >= 0.6 is 0 Å². The highest BCUT2D eigenvalue weighted by molar-refractivity contribution is 6.09. The van der Waals surface area contributed by atoms with Gasteiger partial charge in [-0.2, -0.15) is 0 Å². The number of hydrogen-bond donors (Lipinski definition) is 1. The van der Waals surface area contributed by atoms with Crippen molar-refractivity contribution >= 4 is 40.0 Å². The largest absolute Gasteiger partial charge is 0.342 e. The van der Waals surface area contributed by atoms with Crippen LogP contribution in [-0.2, 0) is 15.0 Å². The molecule has 1 saturated carbocycles. The van der Waals surface area contributed by atoms with Crippen molar-refractivity contribution in [2.45, 2.75) is 96.2 Å². The molecule has 2 amide bonds. The smallest absolute Gasteiger partial charge is 0.238 e. The average molecular weight is 679 g/mol. The Labute approximate surface area is 293 Å². The molecule has 262 valence electrons. The Morgan fingerprint density at radius 1 is 0.980 bits per heavy atom. The second kappa shape index (κ2) is 12.7. The highest BCUT2D eigenvalue weighted by Crippen LogP contribution is 2.52. The van der Waals surface area contributed by atoms with Gasteiger partial charge in [0.15, 0.2) is 11.6 Å². The number of likely N-dealkylation sites (tertiary alicyclic amines) is 2. The Kier molecular flexibility index (Phi) is 8.36. The summed E-state index contributed by atoms with van der Waals surface area (Å²) in [7, 11) is 0. The van der Waals surface area contributed by atoms with Gasteiger partial charge in [0.1, 0.15) is 5.52 Å². The summed E-state index contributed by atoms with van der Waals surface area (Å²) >= 11 is 0. The molecular weight excluding hydrogens is 631 g/mol. The molecule has 10 nitrogen and oxygen atoms in total. The summed E-state index contributed by atoms with van der Waals surface area (Å²) in [4.78, 5) is 48.1. The van der Waals surface area contributed by atoms with Crippen LogP contribution in [0.4, 0.5) is 21.6 Å². The number of rotatable bonds is 7. The zero-order chi connectivity index (χ0) is 34.7. The molecule has 1 spiro atoms. The standard InChI is InChI=1S/C39H47FN8O2/c1-24(2)37(49)46-16-11-39(12-17-46)29-9-8-26(18-34(29)48(38(39)50)28-19-27(20-28)45-14-6-5-7-15-45)32-21-33-35(47(23-42-33)25(3)4)36(44-32)43-31-10-13-41-22-30(31)40/h8-10,13,18,21-25,27-28H,5-7,11-12,14-17,19-20H2,1-4H3,(H,41,43,44). The molecule has 1 N–H and O–H groups in total. The number of amides is 2. The number of halogens is 1. The van der Waals surface area contributed by atoms with Crippen LogP contribution in [0.25, 0.3) is 22.3 Å². The summed E-state index contributed by atoms with van der Waals surface area (Å²) in [6, 6.07) is 10.7. The molecule has 2 saturated heterocycles. The number of benzene rings is 1. The van der Waals surface area contributed by atoms with E-state index in [2.05, 4.69) is 52.1 Å². The maximum absolute atomic E-state index is 14.8. The zero-order valence-electron chi connectivity index (χ0n) is 29.5. The monoisotopic (exact) mass is 678 g/mol. The Bertz CT molecular complexity index is 1940. The molecule has 50 heavy (non-hydrogen) atoms. The first-order valence-electron chi connectivity index (χ1n) is 18.4. The maximum Gasteiger partial charge on any atom is 0.238 e. The quantitative estimate of drug-likeness (QED) is 0.229. The van der Waals surface area contributed by atoms with Gasteiger partial charge in [0.2, 0.25) is 11.8 Å². The number of imidazole rings is 1. The summed E-state index contributed by atoms with van der Waals surface area (Å²) in [6.07, 6.45) is 11.5. The summed E-state index contributed by atoms with van der Waals surface area (Å²) in [5.41, 5.74) is 4.76. The number of nitrogens with zero attached hydrogens (tertiary/aromatic N) is 7. The molecular formula is C39H47FN8O2. The van der Waals surface area contributed by atoms with Crippen LogP contribution in [0.5, 0.6) is 0 Å². The average Bonchev–Trinajstić information content (AvgIpc) is 3.63. The van der Waals surface area contributed by atoms with Gasteiger partial charge in [0.25, 0.3) is 0 Å². The molecule has 1 aromatic carbocycles. The number of anilines is 3. The van der Waals surface area contributed by atoms with E-state index in [0.29, 0.717) is 43.5 Å². The fourth-order valence-electron chi connectivity index (χ4n) is 8.71. The Balaban J connectivity index is 1.18. The first kappa shape index (κ1) is 32.8. The lowest BCUT2D eigenvalue weighted by atomic mass is 9.73. The van der Waals surface area contributed by atoms with E-state index in [4.69, 9.17) is 9.97 Å². The number of hydrogen-bond acceptors (Lipinski definition) is 7. The predicted molar refractivity (Wildman–Crippen MR) is 193 cm³/mol. The van der Waals surface area contributed by atoms with E-state index in [0.717, 1.165) is 53.8 Å². The van der Waals surface area contributed by atoms with Crippen molar-refractivity contribution in [3.63, 3.8) is 0 Å². The highest BCUT2D eigenvalue weighted by atomic mass is 19.1. The number of carbonyl (C=O) groups excluding carboxylic acids is 2. The number of carbonyl (C=O) groups is 2. The van der Waals surface area contributed by atoms with Crippen LogP contribution in [-0.4, -0.2) is 79.4 Å². The van der Waals surface area contributed by atoms with Crippen LogP contribution in [0.3, 0.4) is 0 Å². The van der Waals surface area contributed by atoms with E-state index in [1.807, 2.05) is 29.4 Å². The van der Waals surface area contributed by atoms with E-state index < -0.39 is 11.2 Å². The first-order chi connectivity index (χ1) is 24.1. The zero-order valence-corrected chi connectivity index (χ0v) is 29.5. The lowest BCUT2D eigenvalue weighted by Crippen LogP contribution is -2.58. The molecule has 8 rings (SSSR count). The third-order valence-electron chi connectivity index (χ3n) is 11.6. The summed E-state index contributed by atoms with van der Waals surface area (Å²) in [5, 5.41) is 3.23. The van der Waals surface area contributed by atoms with Gasteiger partial charge in [-0.05, 0) is 89.2 Å². The van der Waals surface area contributed by atoms with Gasteiger partial charge >= 0.3 is 0 Å². The minimum Gasteiger partial charge on any atom is -0.342 e. The van der Waals surface area contributed by atoms with Crippen molar-refractivity contribution in [1.82, 2.24) is 29.3 Å². The van der Waals surface area contributed by atoms with Gasteiger partial charge in [0.05, 0.1) is 34.8 Å². The number of piperidine rings is 2. The number of aromatic nitrogens is 4. The Morgan fingerprint density at radius 2 is 1.74 bits per heavy atom. The summed E-state index contributed by atoms with van der Waals surface area (Å²) < 4.78 is 16.9. The number of fused-ring (bicyclic) bond motifs is 3. The molecule has 3 aromatic heterocycles. The SMILES string of the molecule is CC(C)C(=O)N1CCC2(CC1)C(=O)N(C1CC(N3CCCCC3)C1)c1cc(-c3cc4ncn(C(C)C)c4c(Nc4ccncc4F)n3)ccc12. The fraction of sp³-hybridized carbons (Fsp3) is 0.513. The van der Waals surface area contributed by atoms with Crippen molar-refractivity contribution in [2.75, 3.05) is 36.4 Å². The van der Waals surface area contributed by atoms with Crippen molar-refractivity contribution in [2.24, 2.45) is 5.92 Å². The van der Waals surface area contributed by atoms with Gasteiger partial charge in [-0.3, -0.25) is 14.6 Å². The summed E-state index contributed by atoms with van der Waals surface area (Å²) in [6.45, 7) is 11.5. The molecule has 6 heterocycles. The van der Waals surface area contributed by atoms with Gasteiger partial charge in [-0.15, -0.1) is 0 Å². The molecule has 3 aliphatic heterocycles. The van der Waals surface area contributed by atoms with Crippen LogP contribution < -0.4 is 10.2 Å². The van der Waals surface area contributed by atoms with Crippen LogP contribution in [0.15, 0.2) is 49.1 Å². The van der Waals surface area contributed by atoms with Crippen LogP contribution in [0.1, 0.15) is 84.2 Å². The third kappa shape index (κ3) is 5.45. The van der Waals surface area contributed by atoms with E-state index in [-0.39, 0.29) is 35.5 Å². The van der Waals surface area contributed by atoms with Crippen molar-refractivity contribution in [3.8, 4) is 11.3 Å². The topological polar surface area (TPSA) is 99.5 Å². The molecule has 11 heteroatoms. The van der Waals surface area contributed by atoms with Crippen LogP contribution in [0.2, 0.25) is 0 Å². The van der Waals surface area contributed by atoms with Crippen LogP contribution in [0, 0.1) is 11.7 Å². The van der Waals surface area contributed by atoms with Gasteiger partial charge in [0, 0.05) is 54.6 Å².